The molecule has 200 valence electrons. The van der Waals surface area contributed by atoms with E-state index in [2.05, 4.69) is 10.1 Å². The minimum Gasteiger partial charge on any atom is -0.468 e. The van der Waals surface area contributed by atoms with Crippen LogP contribution in [-0.2, 0) is 29.8 Å². The van der Waals surface area contributed by atoms with Gasteiger partial charge in [0.2, 0.25) is 0 Å². The molecule has 2 aromatic carbocycles. The van der Waals surface area contributed by atoms with E-state index in [1.165, 1.54) is 17.9 Å². The van der Waals surface area contributed by atoms with Crippen molar-refractivity contribution in [1.29, 1.82) is 0 Å². The average Bonchev–Trinajstić information content (AvgIpc) is 3.39. The Morgan fingerprint density at radius 3 is 2.47 bits per heavy atom. The van der Waals surface area contributed by atoms with Crippen LogP contribution in [0.5, 0.6) is 5.75 Å². The number of hydrogen-bond donors (Lipinski definition) is 2. The lowest BCUT2D eigenvalue weighted by molar-refractivity contribution is -0.142. The number of methoxy groups -OCH3 is 1. The van der Waals surface area contributed by atoms with Crippen LogP contribution >= 0.6 is 7.75 Å². The molecule has 38 heavy (non-hydrogen) atoms. The summed E-state index contributed by atoms with van der Waals surface area (Å²) in [4.78, 5) is 38.7. The van der Waals surface area contributed by atoms with Gasteiger partial charge in [0, 0.05) is 11.8 Å². The summed E-state index contributed by atoms with van der Waals surface area (Å²) in [6.07, 6.45) is 3.35. The SMILES string of the molecule is COC(=O)[C@H](Cc1ccccc1)NP(=O)(OC[C@@H]1C=C[C@H](n2cc(C)c(=O)[nH]c2=O)O1)Oc1ccccc1. The van der Waals surface area contributed by atoms with Gasteiger partial charge in [-0.05, 0) is 37.1 Å². The van der Waals surface area contributed by atoms with Crippen LogP contribution in [0, 0.1) is 6.92 Å². The molecule has 2 heterocycles. The third-order valence-corrected chi connectivity index (χ3v) is 7.25. The van der Waals surface area contributed by atoms with Crippen LogP contribution in [0.1, 0.15) is 17.4 Å². The second kappa shape index (κ2) is 12.2. The zero-order valence-corrected chi connectivity index (χ0v) is 21.7. The number of aryl methyl sites for hydroxylation is 1. The molecule has 12 heteroatoms. The smallest absolute Gasteiger partial charge is 0.459 e. The topological polar surface area (TPSA) is 138 Å². The number of nitrogens with one attached hydrogen (secondary N) is 2. The minimum absolute atomic E-state index is 0.176. The van der Waals surface area contributed by atoms with Crippen molar-refractivity contribution in [3.05, 3.63) is 111 Å². The number of benzene rings is 2. The number of ether oxygens (including phenoxy) is 2. The maximum atomic E-state index is 13.9. The van der Waals surface area contributed by atoms with Crippen molar-refractivity contribution in [2.45, 2.75) is 31.7 Å². The van der Waals surface area contributed by atoms with E-state index in [0.717, 1.165) is 5.56 Å². The molecule has 0 saturated carbocycles. The number of nitrogens with zero attached hydrogens (tertiary/aromatic N) is 1. The van der Waals surface area contributed by atoms with Gasteiger partial charge in [-0.15, -0.1) is 0 Å². The van der Waals surface area contributed by atoms with Crippen molar-refractivity contribution >= 4 is 13.7 Å². The van der Waals surface area contributed by atoms with E-state index >= 15 is 0 Å². The van der Waals surface area contributed by atoms with Gasteiger partial charge in [0.1, 0.15) is 17.9 Å². The number of aromatic nitrogens is 2. The summed E-state index contributed by atoms with van der Waals surface area (Å²) in [6.45, 7) is 1.35. The normalized spacial score (nSPS) is 19.0. The minimum atomic E-state index is -4.15. The monoisotopic (exact) mass is 541 g/mol. The Bertz CT molecular complexity index is 1440. The van der Waals surface area contributed by atoms with Crippen LogP contribution < -0.4 is 20.9 Å². The van der Waals surface area contributed by atoms with Crippen molar-refractivity contribution in [3.8, 4) is 5.75 Å². The fourth-order valence-corrected chi connectivity index (χ4v) is 5.26. The molecular formula is C26H28N3O8P. The van der Waals surface area contributed by atoms with Crippen LogP contribution in [0.2, 0.25) is 0 Å². The fourth-order valence-electron chi connectivity index (χ4n) is 3.76. The zero-order chi connectivity index (χ0) is 27.1. The maximum Gasteiger partial charge on any atom is 0.459 e. The van der Waals surface area contributed by atoms with Crippen molar-refractivity contribution in [1.82, 2.24) is 14.6 Å². The van der Waals surface area contributed by atoms with Gasteiger partial charge < -0.3 is 14.0 Å². The Labute approximate surface area is 218 Å². The highest BCUT2D eigenvalue weighted by Crippen LogP contribution is 2.45. The molecule has 3 aromatic rings. The van der Waals surface area contributed by atoms with Gasteiger partial charge in [-0.3, -0.25) is 23.7 Å². The van der Waals surface area contributed by atoms with E-state index in [1.807, 2.05) is 30.3 Å². The lowest BCUT2D eigenvalue weighted by Gasteiger charge is -2.25. The maximum absolute atomic E-state index is 13.9. The van der Waals surface area contributed by atoms with Crippen LogP contribution in [0.25, 0.3) is 0 Å². The lowest BCUT2D eigenvalue weighted by Crippen LogP contribution is -2.39. The summed E-state index contributed by atoms with van der Waals surface area (Å²) in [5.74, 6) is -0.373. The first kappa shape index (κ1) is 27.3. The molecule has 0 saturated heterocycles. The highest BCUT2D eigenvalue weighted by atomic mass is 31.2. The molecule has 4 atom stereocenters. The molecule has 1 unspecified atom stereocenters. The van der Waals surface area contributed by atoms with Crippen LogP contribution in [0.3, 0.4) is 0 Å². The number of rotatable bonds is 11. The van der Waals surface area contributed by atoms with Gasteiger partial charge in [-0.2, -0.15) is 5.09 Å². The molecular weight excluding hydrogens is 513 g/mol. The van der Waals surface area contributed by atoms with Gasteiger partial charge in [-0.25, -0.2) is 9.36 Å². The Hall–Kier alpha value is -3.76. The zero-order valence-electron chi connectivity index (χ0n) is 20.8. The number of hydrogen-bond acceptors (Lipinski definition) is 8. The molecule has 0 aliphatic carbocycles. The van der Waals surface area contributed by atoms with Crippen molar-refractivity contribution < 1.29 is 27.9 Å². The van der Waals surface area contributed by atoms with E-state index in [4.69, 9.17) is 18.5 Å². The summed E-state index contributed by atoms with van der Waals surface area (Å²) < 4.78 is 37.4. The predicted octanol–water partition coefficient (Wildman–Crippen LogP) is 2.88. The van der Waals surface area contributed by atoms with Crippen molar-refractivity contribution in [3.63, 3.8) is 0 Å². The summed E-state index contributed by atoms with van der Waals surface area (Å²) in [6, 6.07) is 16.5. The predicted molar refractivity (Wildman–Crippen MR) is 139 cm³/mol. The molecule has 1 aromatic heterocycles. The molecule has 1 aliphatic rings. The molecule has 0 radical (unpaired) electrons. The Morgan fingerprint density at radius 1 is 1.11 bits per heavy atom. The first-order valence-corrected chi connectivity index (χ1v) is 13.4. The largest absolute Gasteiger partial charge is 0.468 e. The highest BCUT2D eigenvalue weighted by Gasteiger charge is 2.36. The molecule has 4 rings (SSSR count). The molecule has 11 nitrogen and oxygen atoms in total. The Morgan fingerprint density at radius 2 is 1.79 bits per heavy atom. The van der Waals surface area contributed by atoms with E-state index in [1.54, 1.807) is 49.4 Å². The molecule has 2 N–H and O–H groups in total. The number of esters is 1. The first-order chi connectivity index (χ1) is 18.3. The Balaban J connectivity index is 1.50. The van der Waals surface area contributed by atoms with E-state index in [0.29, 0.717) is 5.56 Å². The molecule has 1 aliphatic heterocycles. The third kappa shape index (κ3) is 6.96. The van der Waals surface area contributed by atoms with Gasteiger partial charge in [0.05, 0.1) is 13.7 Å². The summed E-state index contributed by atoms with van der Waals surface area (Å²) in [7, 11) is -2.91. The number of carbonyl (C=O) groups excluding carboxylic acids is 1. The van der Waals surface area contributed by atoms with Gasteiger partial charge in [0.25, 0.3) is 5.56 Å². The molecule has 0 fully saturated rings. The summed E-state index contributed by atoms with van der Waals surface area (Å²) in [5, 5.41) is 2.73. The molecule has 0 bridgehead atoms. The second-order valence-corrected chi connectivity index (χ2v) is 10.2. The van der Waals surface area contributed by atoms with Gasteiger partial charge >= 0.3 is 19.4 Å². The lowest BCUT2D eigenvalue weighted by atomic mass is 10.1. The van der Waals surface area contributed by atoms with Gasteiger partial charge in [-0.1, -0.05) is 54.6 Å². The average molecular weight is 541 g/mol. The third-order valence-electron chi connectivity index (χ3n) is 5.68. The van der Waals surface area contributed by atoms with Crippen molar-refractivity contribution in [2.75, 3.05) is 13.7 Å². The van der Waals surface area contributed by atoms with Crippen LogP contribution in [0.4, 0.5) is 0 Å². The second-order valence-electron chi connectivity index (χ2n) is 8.52. The van der Waals surface area contributed by atoms with Gasteiger partial charge in [0.15, 0.2) is 6.23 Å². The van der Waals surface area contributed by atoms with E-state index in [-0.39, 0.29) is 18.8 Å². The molecule has 0 amide bonds. The standard InChI is InChI=1S/C26H28N3O8P/c1-18-16-29(26(32)27-24(18)30)23-14-13-21(36-23)17-35-38(33,37-20-11-7-4-8-12-20)28-22(25(31)34-2)15-19-9-5-3-6-10-19/h3-14,16,21-23H,15,17H2,1-2H3,(H,28,33)(H,27,30,32)/t21-,22-,23+,38?/m0/s1. The summed E-state index contributed by atoms with van der Waals surface area (Å²) >= 11 is 0. The van der Waals surface area contributed by atoms with E-state index in [9.17, 15) is 18.9 Å². The number of carbonyl (C=O) groups is 1. The number of para-hydroxylation sites is 1. The quantitative estimate of drug-likeness (QED) is 0.213. The number of H-pyrrole nitrogens is 1. The highest BCUT2D eigenvalue weighted by molar-refractivity contribution is 7.52. The molecule has 0 spiro atoms. The summed E-state index contributed by atoms with van der Waals surface area (Å²) in [5.41, 5.74) is 0.0546. The van der Waals surface area contributed by atoms with Crippen LogP contribution in [0.15, 0.2) is 88.6 Å². The van der Waals surface area contributed by atoms with E-state index < -0.39 is 43.3 Å². The number of aromatic amines is 1. The fraction of sp³-hybridized carbons (Fsp3) is 0.269. The Kier molecular flexibility index (Phi) is 8.75. The first-order valence-electron chi connectivity index (χ1n) is 11.8. The van der Waals surface area contributed by atoms with Crippen molar-refractivity contribution in [2.24, 2.45) is 0 Å². The van der Waals surface area contributed by atoms with Crippen LogP contribution in [-0.4, -0.2) is 41.4 Å².